The van der Waals surface area contributed by atoms with Crippen LogP contribution in [0, 0.1) is 0 Å². The van der Waals surface area contributed by atoms with Crippen molar-refractivity contribution in [3.05, 3.63) is 16.7 Å². The molecule has 0 atom stereocenters. The van der Waals surface area contributed by atoms with E-state index < -0.39 is 0 Å². The molecule has 0 bridgehead atoms. The molecule has 0 aliphatic rings. The van der Waals surface area contributed by atoms with Crippen molar-refractivity contribution in [2.45, 2.75) is 19.8 Å². The Morgan fingerprint density at radius 2 is 2.25 bits per heavy atom. The molecule has 0 saturated heterocycles. The van der Waals surface area contributed by atoms with Crippen LogP contribution in [0.25, 0.3) is 0 Å². The van der Waals surface area contributed by atoms with E-state index in [1.54, 1.807) is 6.20 Å². The van der Waals surface area contributed by atoms with E-state index >= 15 is 0 Å². The van der Waals surface area contributed by atoms with Gasteiger partial charge in [-0.05, 0) is 28.4 Å². The Morgan fingerprint density at radius 3 is 2.81 bits per heavy atom. The van der Waals surface area contributed by atoms with Gasteiger partial charge in [0, 0.05) is 23.8 Å². The lowest BCUT2D eigenvalue weighted by atomic mass is 10.3. The maximum Gasteiger partial charge on any atom is 0.151 e. The first-order chi connectivity index (χ1) is 7.69. The molecule has 3 N–H and O–H groups in total. The number of unbranched alkanes of at least 4 members (excludes halogenated alkanes) is 1. The molecule has 1 aromatic heterocycles. The monoisotopic (exact) mass is 287 g/mol. The lowest BCUT2D eigenvalue weighted by molar-refractivity contribution is 0.301. The average molecular weight is 288 g/mol. The molecule has 0 fully saturated rings. The molecule has 0 radical (unpaired) electrons. The molecule has 0 aliphatic carbocycles. The minimum Gasteiger partial charge on any atom is -0.396 e. The highest BCUT2D eigenvalue weighted by Crippen LogP contribution is 2.23. The number of aromatic nitrogens is 1. The molecule has 0 spiro atoms. The van der Waals surface area contributed by atoms with Gasteiger partial charge in [0.1, 0.15) is 0 Å². The van der Waals surface area contributed by atoms with Crippen LogP contribution in [0.15, 0.2) is 16.7 Å². The number of nitrogens with two attached hydrogens (primary N) is 1. The maximum absolute atomic E-state index is 9.02. The molecule has 4 nitrogen and oxygen atoms in total. The van der Waals surface area contributed by atoms with Gasteiger partial charge in [-0.1, -0.05) is 13.3 Å². The van der Waals surface area contributed by atoms with Crippen LogP contribution in [0.1, 0.15) is 19.8 Å². The minimum absolute atomic E-state index is 0.112. The van der Waals surface area contributed by atoms with E-state index in [1.807, 2.05) is 11.0 Å². The third kappa shape index (κ3) is 3.64. The van der Waals surface area contributed by atoms with E-state index in [4.69, 9.17) is 10.8 Å². The minimum atomic E-state index is 0.112. The van der Waals surface area contributed by atoms with Gasteiger partial charge >= 0.3 is 0 Å². The van der Waals surface area contributed by atoms with Gasteiger partial charge < -0.3 is 15.7 Å². The van der Waals surface area contributed by atoms with Crippen molar-refractivity contribution in [1.82, 2.24) is 4.98 Å². The summed E-state index contributed by atoms with van der Waals surface area (Å²) in [5.74, 6) is 0.755. The quantitative estimate of drug-likeness (QED) is 0.840. The third-order valence-electron chi connectivity index (χ3n) is 2.31. The first-order valence-electron chi connectivity index (χ1n) is 5.45. The summed E-state index contributed by atoms with van der Waals surface area (Å²) in [4.78, 5) is 6.31. The number of anilines is 2. The molecule has 1 aromatic rings. The number of aliphatic hydroxyl groups is 1. The fourth-order valence-corrected chi connectivity index (χ4v) is 1.85. The van der Waals surface area contributed by atoms with Crippen molar-refractivity contribution >= 4 is 27.4 Å². The lowest BCUT2D eigenvalue weighted by Gasteiger charge is -2.23. The van der Waals surface area contributed by atoms with E-state index in [9.17, 15) is 0 Å². The summed E-state index contributed by atoms with van der Waals surface area (Å²) < 4.78 is 0.869. The molecule has 16 heavy (non-hydrogen) atoms. The summed E-state index contributed by atoms with van der Waals surface area (Å²) in [6.07, 6.45) is 3.90. The highest BCUT2D eigenvalue weighted by molar-refractivity contribution is 9.10. The van der Waals surface area contributed by atoms with Gasteiger partial charge in [0.25, 0.3) is 0 Å². The highest BCUT2D eigenvalue weighted by atomic mass is 79.9. The van der Waals surface area contributed by atoms with Crippen molar-refractivity contribution in [1.29, 1.82) is 0 Å². The first-order valence-corrected chi connectivity index (χ1v) is 6.25. The maximum atomic E-state index is 9.02. The average Bonchev–Trinajstić information content (AvgIpc) is 2.25. The Bertz CT molecular complexity index is 333. The number of hydrogen-bond acceptors (Lipinski definition) is 4. The van der Waals surface area contributed by atoms with Crippen LogP contribution in [0.2, 0.25) is 0 Å². The topological polar surface area (TPSA) is 62.4 Å². The van der Waals surface area contributed by atoms with E-state index in [-0.39, 0.29) is 6.61 Å². The highest BCUT2D eigenvalue weighted by Gasteiger charge is 2.10. The smallest absolute Gasteiger partial charge is 0.151 e. The second kappa shape index (κ2) is 6.70. The SMILES string of the molecule is CCCCN(CCO)c1ncc(Br)cc1N. The van der Waals surface area contributed by atoms with Gasteiger partial charge in [0.2, 0.25) is 0 Å². The second-order valence-corrected chi connectivity index (χ2v) is 4.55. The van der Waals surface area contributed by atoms with Crippen molar-refractivity contribution < 1.29 is 5.11 Å². The Labute approximate surface area is 105 Å². The Morgan fingerprint density at radius 1 is 1.50 bits per heavy atom. The van der Waals surface area contributed by atoms with E-state index in [0.29, 0.717) is 12.2 Å². The van der Waals surface area contributed by atoms with Crippen LogP contribution in [-0.2, 0) is 0 Å². The van der Waals surface area contributed by atoms with Crippen molar-refractivity contribution in [2.75, 3.05) is 30.3 Å². The van der Waals surface area contributed by atoms with Gasteiger partial charge in [0.05, 0.1) is 12.3 Å². The van der Waals surface area contributed by atoms with Crippen molar-refractivity contribution in [3.63, 3.8) is 0 Å². The van der Waals surface area contributed by atoms with Crippen LogP contribution in [0.3, 0.4) is 0 Å². The second-order valence-electron chi connectivity index (χ2n) is 3.63. The molecule has 90 valence electrons. The fraction of sp³-hybridized carbons (Fsp3) is 0.545. The molecule has 0 aliphatic heterocycles. The molecule has 0 unspecified atom stereocenters. The van der Waals surface area contributed by atoms with Crippen LogP contribution in [0.4, 0.5) is 11.5 Å². The summed E-state index contributed by atoms with van der Waals surface area (Å²) >= 11 is 3.33. The van der Waals surface area contributed by atoms with Gasteiger partial charge in [-0.3, -0.25) is 0 Å². The van der Waals surface area contributed by atoms with Crippen LogP contribution >= 0.6 is 15.9 Å². The van der Waals surface area contributed by atoms with E-state index in [1.165, 1.54) is 0 Å². The van der Waals surface area contributed by atoms with Gasteiger partial charge in [-0.25, -0.2) is 4.98 Å². The number of pyridine rings is 1. The summed E-state index contributed by atoms with van der Waals surface area (Å²) in [7, 11) is 0. The first kappa shape index (κ1) is 13.3. The zero-order valence-electron chi connectivity index (χ0n) is 9.49. The molecular formula is C11H18BrN3O. The number of halogens is 1. The van der Waals surface area contributed by atoms with E-state index in [0.717, 1.165) is 29.7 Å². The fourth-order valence-electron chi connectivity index (χ4n) is 1.51. The molecule has 1 rings (SSSR count). The van der Waals surface area contributed by atoms with Crippen LogP contribution < -0.4 is 10.6 Å². The van der Waals surface area contributed by atoms with Gasteiger partial charge in [-0.15, -0.1) is 0 Å². The van der Waals surface area contributed by atoms with E-state index in [2.05, 4.69) is 27.8 Å². The number of rotatable bonds is 6. The standard InChI is InChI=1S/C11H18BrN3O/c1-2-3-4-15(5-6-16)11-10(13)7-9(12)8-14-11/h7-8,16H,2-6,13H2,1H3. The third-order valence-corrected chi connectivity index (χ3v) is 2.75. The predicted octanol–water partition coefficient (Wildman–Crippen LogP) is 2.03. The summed E-state index contributed by atoms with van der Waals surface area (Å²) in [6.45, 7) is 3.69. The normalized spacial score (nSPS) is 10.4. The molecule has 0 aromatic carbocycles. The zero-order valence-corrected chi connectivity index (χ0v) is 11.1. The number of hydrogen-bond donors (Lipinski definition) is 2. The summed E-state index contributed by atoms with van der Waals surface area (Å²) in [5.41, 5.74) is 6.55. The zero-order chi connectivity index (χ0) is 12.0. The van der Waals surface area contributed by atoms with Crippen molar-refractivity contribution in [2.24, 2.45) is 0 Å². The molecular weight excluding hydrogens is 270 g/mol. The van der Waals surface area contributed by atoms with Gasteiger partial charge in [-0.2, -0.15) is 0 Å². The molecule has 1 heterocycles. The lowest BCUT2D eigenvalue weighted by Crippen LogP contribution is -2.29. The Kier molecular flexibility index (Phi) is 5.55. The van der Waals surface area contributed by atoms with Crippen molar-refractivity contribution in [3.8, 4) is 0 Å². The Balaban J connectivity index is 2.82. The number of nitrogen functional groups attached to an aromatic ring is 1. The Hall–Kier alpha value is -0.810. The number of nitrogens with zero attached hydrogens (tertiary/aromatic N) is 2. The number of aliphatic hydroxyl groups excluding tert-OH is 1. The largest absolute Gasteiger partial charge is 0.396 e. The molecule has 0 amide bonds. The summed E-state index contributed by atoms with van der Waals surface area (Å²) in [5, 5.41) is 9.02. The van der Waals surface area contributed by atoms with Crippen LogP contribution in [0.5, 0.6) is 0 Å². The van der Waals surface area contributed by atoms with Crippen LogP contribution in [-0.4, -0.2) is 29.8 Å². The van der Waals surface area contributed by atoms with Gasteiger partial charge in [0.15, 0.2) is 5.82 Å². The molecule has 0 saturated carbocycles. The molecule has 5 heteroatoms. The summed E-state index contributed by atoms with van der Waals surface area (Å²) in [6, 6.07) is 1.83. The predicted molar refractivity (Wildman–Crippen MR) is 70.6 cm³/mol.